The predicted octanol–water partition coefficient (Wildman–Crippen LogP) is 1.89. The molecule has 0 aliphatic carbocycles. The molecule has 0 aliphatic heterocycles. The van der Waals surface area contributed by atoms with Crippen LogP contribution < -0.4 is 0 Å². The maximum Gasteiger partial charge on any atom is 0.303 e. The van der Waals surface area contributed by atoms with Gasteiger partial charge >= 0.3 is 5.97 Å². The fraction of sp³-hybridized carbons (Fsp3) is 0.909. The van der Waals surface area contributed by atoms with Gasteiger partial charge in [0.2, 0.25) is 0 Å². The Hall–Kier alpha value is -0.610. The minimum absolute atomic E-state index is 0.00215. The zero-order chi connectivity index (χ0) is 11.7. The normalized spacial score (nSPS) is 11.7. The average Bonchev–Trinajstić information content (AvgIpc) is 2.11. The highest BCUT2D eigenvalue weighted by atomic mass is 16.5. The fourth-order valence-corrected chi connectivity index (χ4v) is 1.48. The molecule has 3 N–H and O–H groups in total. The Morgan fingerprint density at radius 2 is 1.67 bits per heavy atom. The van der Waals surface area contributed by atoms with Crippen LogP contribution in [0.3, 0.4) is 0 Å². The molecule has 0 saturated carbocycles. The van der Waals surface area contributed by atoms with Crippen LogP contribution in [0.25, 0.3) is 0 Å². The molecule has 0 aromatic heterocycles. The van der Waals surface area contributed by atoms with Crippen molar-refractivity contribution in [2.45, 2.75) is 64.1 Å². The van der Waals surface area contributed by atoms with E-state index in [1.807, 2.05) is 0 Å². The molecule has 0 saturated heterocycles. The molecule has 0 bridgehead atoms. The Bertz CT molecular complexity index is 177. The van der Waals surface area contributed by atoms with Crippen molar-refractivity contribution in [1.29, 1.82) is 0 Å². The molecule has 4 heteroatoms. The van der Waals surface area contributed by atoms with Crippen LogP contribution in [0.4, 0.5) is 0 Å². The van der Waals surface area contributed by atoms with Gasteiger partial charge in [-0.1, -0.05) is 26.2 Å². The van der Waals surface area contributed by atoms with E-state index in [-0.39, 0.29) is 12.8 Å². The van der Waals surface area contributed by atoms with Gasteiger partial charge in [-0.25, -0.2) is 0 Å². The van der Waals surface area contributed by atoms with Crippen molar-refractivity contribution in [3.05, 3.63) is 0 Å². The van der Waals surface area contributed by atoms with Gasteiger partial charge in [-0.2, -0.15) is 0 Å². The molecule has 4 nitrogen and oxygen atoms in total. The number of carboxylic acid groups (broad SMARTS) is 1. The molecule has 0 amide bonds. The second-order valence-electron chi connectivity index (χ2n) is 4.04. The van der Waals surface area contributed by atoms with Crippen molar-refractivity contribution in [1.82, 2.24) is 0 Å². The summed E-state index contributed by atoms with van der Waals surface area (Å²) >= 11 is 0. The van der Waals surface area contributed by atoms with E-state index in [1.54, 1.807) is 0 Å². The number of aliphatic carboxylic acids is 1. The summed E-state index contributed by atoms with van der Waals surface area (Å²) in [4.78, 5) is 10.2. The maximum absolute atomic E-state index is 10.2. The van der Waals surface area contributed by atoms with Gasteiger partial charge in [-0.15, -0.1) is 0 Å². The lowest BCUT2D eigenvalue weighted by Gasteiger charge is -2.21. The SMILES string of the molecule is CCCCCCC(O)(O)CCCC(=O)O. The number of aliphatic hydroxyl groups is 2. The zero-order valence-electron chi connectivity index (χ0n) is 9.41. The average molecular weight is 218 g/mol. The third kappa shape index (κ3) is 9.69. The Kier molecular flexibility index (Phi) is 7.34. The van der Waals surface area contributed by atoms with E-state index in [0.717, 1.165) is 25.7 Å². The number of hydrogen-bond acceptors (Lipinski definition) is 3. The van der Waals surface area contributed by atoms with E-state index < -0.39 is 11.8 Å². The van der Waals surface area contributed by atoms with Gasteiger partial charge < -0.3 is 15.3 Å². The highest BCUT2D eigenvalue weighted by Crippen LogP contribution is 2.19. The topological polar surface area (TPSA) is 77.8 Å². The van der Waals surface area contributed by atoms with Gasteiger partial charge in [0.15, 0.2) is 5.79 Å². The molecule has 0 rings (SSSR count). The first-order chi connectivity index (χ1) is 6.98. The molecule has 0 unspecified atom stereocenters. The summed E-state index contributed by atoms with van der Waals surface area (Å²) in [7, 11) is 0. The quantitative estimate of drug-likeness (QED) is 0.408. The Balaban J connectivity index is 3.53. The van der Waals surface area contributed by atoms with E-state index in [2.05, 4.69) is 6.92 Å². The van der Waals surface area contributed by atoms with Gasteiger partial charge in [-0.05, 0) is 12.8 Å². The fourth-order valence-electron chi connectivity index (χ4n) is 1.48. The molecule has 90 valence electrons. The largest absolute Gasteiger partial charge is 0.481 e. The van der Waals surface area contributed by atoms with Crippen molar-refractivity contribution in [2.75, 3.05) is 0 Å². The molecule has 0 aromatic rings. The van der Waals surface area contributed by atoms with Crippen LogP contribution in [0, 0.1) is 0 Å². The first-order valence-corrected chi connectivity index (χ1v) is 5.64. The van der Waals surface area contributed by atoms with Crippen molar-refractivity contribution in [3.8, 4) is 0 Å². The summed E-state index contributed by atoms with van der Waals surface area (Å²) < 4.78 is 0. The lowest BCUT2D eigenvalue weighted by Crippen LogP contribution is -2.27. The van der Waals surface area contributed by atoms with Gasteiger partial charge in [0, 0.05) is 19.3 Å². The minimum atomic E-state index is -1.68. The molecule has 0 aromatic carbocycles. The second kappa shape index (κ2) is 7.65. The number of carbonyl (C=O) groups is 1. The highest BCUT2D eigenvalue weighted by molar-refractivity contribution is 5.66. The van der Waals surface area contributed by atoms with Crippen LogP contribution >= 0.6 is 0 Å². The molecule has 0 aliphatic rings. The number of unbranched alkanes of at least 4 members (excludes halogenated alkanes) is 3. The molecule has 0 heterocycles. The van der Waals surface area contributed by atoms with E-state index in [9.17, 15) is 15.0 Å². The molecule has 0 radical (unpaired) electrons. The summed E-state index contributed by atoms with van der Waals surface area (Å²) in [5, 5.41) is 27.4. The summed E-state index contributed by atoms with van der Waals surface area (Å²) in [6.45, 7) is 2.10. The molecular formula is C11H22O4. The number of carboxylic acids is 1. The smallest absolute Gasteiger partial charge is 0.303 e. The van der Waals surface area contributed by atoms with E-state index in [1.165, 1.54) is 0 Å². The maximum atomic E-state index is 10.2. The number of rotatable bonds is 9. The summed E-state index contributed by atoms with van der Waals surface area (Å²) in [5.41, 5.74) is 0. The van der Waals surface area contributed by atoms with Crippen LogP contribution in [0.5, 0.6) is 0 Å². The van der Waals surface area contributed by atoms with Crippen LogP contribution in [-0.4, -0.2) is 27.1 Å². The molecule has 15 heavy (non-hydrogen) atoms. The molecule has 0 spiro atoms. The third-order valence-corrected chi connectivity index (χ3v) is 2.40. The van der Waals surface area contributed by atoms with Crippen molar-refractivity contribution in [3.63, 3.8) is 0 Å². The summed E-state index contributed by atoms with van der Waals surface area (Å²) in [5.74, 6) is -2.57. The first-order valence-electron chi connectivity index (χ1n) is 5.64. The predicted molar refractivity (Wildman–Crippen MR) is 57.4 cm³/mol. The second-order valence-corrected chi connectivity index (χ2v) is 4.04. The van der Waals surface area contributed by atoms with Crippen molar-refractivity contribution < 1.29 is 20.1 Å². The first kappa shape index (κ1) is 14.4. The van der Waals surface area contributed by atoms with Crippen LogP contribution in [0.2, 0.25) is 0 Å². The zero-order valence-corrected chi connectivity index (χ0v) is 9.41. The van der Waals surface area contributed by atoms with Gasteiger partial charge in [0.25, 0.3) is 0 Å². The van der Waals surface area contributed by atoms with Crippen LogP contribution in [0.1, 0.15) is 58.3 Å². The lowest BCUT2D eigenvalue weighted by molar-refractivity contribution is -0.172. The molecule has 0 fully saturated rings. The summed E-state index contributed by atoms with van der Waals surface area (Å²) in [6, 6.07) is 0. The standard InChI is InChI=1S/C11H22O4/c1-2-3-4-5-8-11(14,15)9-6-7-10(12)13/h14-15H,2-9H2,1H3,(H,12,13). The van der Waals surface area contributed by atoms with Crippen molar-refractivity contribution in [2.24, 2.45) is 0 Å². The monoisotopic (exact) mass is 218 g/mol. The summed E-state index contributed by atoms with van der Waals surface area (Å²) in [6.07, 6.45) is 4.80. The Morgan fingerprint density at radius 1 is 1.07 bits per heavy atom. The lowest BCUT2D eigenvalue weighted by atomic mass is 10.0. The van der Waals surface area contributed by atoms with E-state index in [0.29, 0.717) is 12.8 Å². The van der Waals surface area contributed by atoms with E-state index >= 15 is 0 Å². The third-order valence-electron chi connectivity index (χ3n) is 2.40. The number of hydrogen-bond donors (Lipinski definition) is 3. The van der Waals surface area contributed by atoms with Gasteiger partial charge in [0.05, 0.1) is 0 Å². The minimum Gasteiger partial charge on any atom is -0.481 e. The molecule has 0 atom stereocenters. The Labute approximate surface area is 90.9 Å². The van der Waals surface area contributed by atoms with E-state index in [4.69, 9.17) is 5.11 Å². The van der Waals surface area contributed by atoms with Crippen LogP contribution in [-0.2, 0) is 4.79 Å². The molecular weight excluding hydrogens is 196 g/mol. The van der Waals surface area contributed by atoms with Crippen molar-refractivity contribution >= 4 is 5.97 Å². The Morgan fingerprint density at radius 3 is 2.20 bits per heavy atom. The highest BCUT2D eigenvalue weighted by Gasteiger charge is 2.21. The van der Waals surface area contributed by atoms with Crippen LogP contribution in [0.15, 0.2) is 0 Å². The van der Waals surface area contributed by atoms with Gasteiger partial charge in [-0.3, -0.25) is 4.79 Å². The van der Waals surface area contributed by atoms with Gasteiger partial charge in [0.1, 0.15) is 0 Å².